The monoisotopic (exact) mass is 316 g/mol. The number of hydrogen-bond acceptors (Lipinski definition) is 4. The summed E-state index contributed by atoms with van der Waals surface area (Å²) in [5, 5.41) is 12.1. The minimum atomic E-state index is -0.459. The van der Waals surface area contributed by atoms with Crippen LogP contribution in [0.4, 0.5) is 5.69 Å². The molecule has 0 bridgehead atoms. The molecule has 4 nitrogen and oxygen atoms in total. The van der Waals surface area contributed by atoms with Crippen LogP contribution in [0.3, 0.4) is 0 Å². The number of aromatic nitrogens is 1. The summed E-state index contributed by atoms with van der Waals surface area (Å²) in [6.45, 7) is 0. The van der Waals surface area contributed by atoms with Gasteiger partial charge < -0.3 is 0 Å². The lowest BCUT2D eigenvalue weighted by Crippen LogP contribution is -1.88. The quantitative estimate of drug-likeness (QED) is 0.507. The molecule has 104 valence electrons. The van der Waals surface area contributed by atoms with Gasteiger partial charge in [0.15, 0.2) is 0 Å². The van der Waals surface area contributed by atoms with E-state index in [0.29, 0.717) is 5.02 Å². The summed E-state index contributed by atoms with van der Waals surface area (Å²) in [5.74, 6) is 0. The number of para-hydroxylation sites is 1. The number of nitro benzene ring substituents is 1. The zero-order valence-electron chi connectivity index (χ0n) is 10.7. The first-order valence-electron chi connectivity index (χ1n) is 6.11. The van der Waals surface area contributed by atoms with Crippen molar-refractivity contribution in [3.63, 3.8) is 0 Å². The number of fused-ring (bicyclic) bond motifs is 1. The van der Waals surface area contributed by atoms with Crippen LogP contribution < -0.4 is 0 Å². The smallest absolute Gasteiger partial charge is 0.258 e. The van der Waals surface area contributed by atoms with E-state index >= 15 is 0 Å². The molecule has 1 aromatic heterocycles. The van der Waals surface area contributed by atoms with Crippen LogP contribution in [0.15, 0.2) is 64.5 Å². The lowest BCUT2D eigenvalue weighted by atomic mass is 10.2. The highest BCUT2D eigenvalue weighted by molar-refractivity contribution is 7.99. The Morgan fingerprint density at radius 1 is 1.10 bits per heavy atom. The second-order valence-corrected chi connectivity index (χ2v) is 5.80. The van der Waals surface area contributed by atoms with Crippen LogP contribution in [-0.2, 0) is 0 Å². The molecule has 0 amide bonds. The zero-order chi connectivity index (χ0) is 14.8. The lowest BCUT2D eigenvalue weighted by molar-refractivity contribution is -0.384. The highest BCUT2D eigenvalue weighted by atomic mass is 35.5. The van der Waals surface area contributed by atoms with E-state index < -0.39 is 4.92 Å². The van der Waals surface area contributed by atoms with E-state index in [1.165, 1.54) is 23.9 Å². The van der Waals surface area contributed by atoms with Gasteiger partial charge in [-0.05, 0) is 18.2 Å². The molecular formula is C15H9ClN2O2S. The van der Waals surface area contributed by atoms with E-state index in [1.807, 2.05) is 30.3 Å². The van der Waals surface area contributed by atoms with Crippen molar-refractivity contribution >= 4 is 40.0 Å². The molecule has 0 atom stereocenters. The number of nitrogens with zero attached hydrogens (tertiary/aromatic N) is 2. The first-order chi connectivity index (χ1) is 10.1. The van der Waals surface area contributed by atoms with Gasteiger partial charge in [-0.2, -0.15) is 0 Å². The molecule has 6 heteroatoms. The van der Waals surface area contributed by atoms with E-state index in [4.69, 9.17) is 11.6 Å². The van der Waals surface area contributed by atoms with Crippen molar-refractivity contribution in [1.29, 1.82) is 0 Å². The normalized spacial score (nSPS) is 10.7. The van der Waals surface area contributed by atoms with Crippen LogP contribution in [0.1, 0.15) is 0 Å². The Labute approximate surface area is 129 Å². The second-order valence-electron chi connectivity index (χ2n) is 4.31. The summed E-state index contributed by atoms with van der Waals surface area (Å²) in [4.78, 5) is 16.4. The van der Waals surface area contributed by atoms with Gasteiger partial charge in [0, 0.05) is 33.5 Å². The third-order valence-corrected chi connectivity index (χ3v) is 4.49. The lowest BCUT2D eigenvalue weighted by Gasteiger charge is -2.06. The summed E-state index contributed by atoms with van der Waals surface area (Å²) < 4.78 is 0. The fourth-order valence-corrected chi connectivity index (χ4v) is 3.20. The summed E-state index contributed by atoms with van der Waals surface area (Å²) in [5.41, 5.74) is 0.875. The van der Waals surface area contributed by atoms with Crippen molar-refractivity contribution in [2.45, 2.75) is 9.79 Å². The molecule has 0 saturated carbocycles. The third kappa shape index (κ3) is 2.84. The molecule has 0 aliphatic carbocycles. The standard InChI is InChI=1S/C15H9ClN2O2S/c16-12-9-11(18(19)20)6-7-13(12)21-14-5-1-3-10-4-2-8-17-15(10)14/h1-9H. The average Bonchev–Trinajstić information content (AvgIpc) is 2.49. The van der Waals surface area contributed by atoms with Crippen LogP contribution >= 0.6 is 23.4 Å². The highest BCUT2D eigenvalue weighted by Crippen LogP contribution is 2.37. The van der Waals surface area contributed by atoms with E-state index in [1.54, 1.807) is 12.3 Å². The van der Waals surface area contributed by atoms with Gasteiger partial charge in [0.2, 0.25) is 0 Å². The van der Waals surface area contributed by atoms with Crippen molar-refractivity contribution in [2.75, 3.05) is 0 Å². The van der Waals surface area contributed by atoms with Gasteiger partial charge in [-0.1, -0.05) is 41.6 Å². The molecule has 0 aliphatic heterocycles. The van der Waals surface area contributed by atoms with Crippen molar-refractivity contribution in [2.24, 2.45) is 0 Å². The predicted molar refractivity (Wildman–Crippen MR) is 84.0 cm³/mol. The van der Waals surface area contributed by atoms with Crippen LogP contribution in [0.5, 0.6) is 0 Å². The Kier molecular flexibility index (Phi) is 3.77. The number of benzene rings is 2. The van der Waals surface area contributed by atoms with E-state index in [9.17, 15) is 10.1 Å². The molecule has 0 radical (unpaired) electrons. The van der Waals surface area contributed by atoms with Gasteiger partial charge in [-0.15, -0.1) is 0 Å². The maximum Gasteiger partial charge on any atom is 0.270 e. The van der Waals surface area contributed by atoms with Gasteiger partial charge in [-0.25, -0.2) is 0 Å². The van der Waals surface area contributed by atoms with E-state index in [-0.39, 0.29) is 5.69 Å². The first-order valence-corrected chi connectivity index (χ1v) is 7.30. The van der Waals surface area contributed by atoms with Crippen LogP contribution in [0.25, 0.3) is 10.9 Å². The van der Waals surface area contributed by atoms with Gasteiger partial charge in [0.25, 0.3) is 5.69 Å². The minimum absolute atomic E-state index is 0.0135. The number of non-ortho nitro benzene ring substituents is 1. The van der Waals surface area contributed by atoms with E-state index in [0.717, 1.165) is 20.7 Å². The number of nitro groups is 1. The summed E-state index contributed by atoms with van der Waals surface area (Å²) in [6.07, 6.45) is 1.74. The van der Waals surface area contributed by atoms with Crippen molar-refractivity contribution in [1.82, 2.24) is 4.98 Å². The Hall–Kier alpha value is -2.11. The molecule has 0 spiro atoms. The van der Waals surface area contributed by atoms with Crippen molar-refractivity contribution < 1.29 is 4.92 Å². The van der Waals surface area contributed by atoms with Gasteiger partial charge in [-0.3, -0.25) is 15.1 Å². The number of hydrogen-bond donors (Lipinski definition) is 0. The Bertz CT molecular complexity index is 834. The number of pyridine rings is 1. The number of rotatable bonds is 3. The molecule has 21 heavy (non-hydrogen) atoms. The topological polar surface area (TPSA) is 56.0 Å². The van der Waals surface area contributed by atoms with Crippen LogP contribution in [0.2, 0.25) is 5.02 Å². The van der Waals surface area contributed by atoms with E-state index in [2.05, 4.69) is 4.98 Å². The largest absolute Gasteiger partial charge is 0.270 e. The van der Waals surface area contributed by atoms with Crippen molar-refractivity contribution in [3.05, 3.63) is 69.9 Å². The van der Waals surface area contributed by atoms with Gasteiger partial charge in [0.05, 0.1) is 15.5 Å². The molecular weight excluding hydrogens is 308 g/mol. The fourth-order valence-electron chi connectivity index (χ4n) is 1.96. The van der Waals surface area contributed by atoms with Crippen LogP contribution in [0, 0.1) is 10.1 Å². The first kappa shape index (κ1) is 13.9. The summed E-state index contributed by atoms with van der Waals surface area (Å²) >= 11 is 7.58. The average molecular weight is 317 g/mol. The van der Waals surface area contributed by atoms with Gasteiger partial charge >= 0.3 is 0 Å². The highest BCUT2D eigenvalue weighted by Gasteiger charge is 2.11. The summed E-state index contributed by atoms with van der Waals surface area (Å²) in [7, 11) is 0. The molecule has 0 fully saturated rings. The van der Waals surface area contributed by atoms with Crippen LogP contribution in [-0.4, -0.2) is 9.91 Å². The Morgan fingerprint density at radius 2 is 1.90 bits per heavy atom. The molecule has 0 N–H and O–H groups in total. The maximum absolute atomic E-state index is 10.7. The minimum Gasteiger partial charge on any atom is -0.258 e. The molecule has 0 unspecified atom stereocenters. The molecule has 2 aromatic carbocycles. The molecule has 3 aromatic rings. The third-order valence-electron chi connectivity index (χ3n) is 2.94. The summed E-state index contributed by atoms with van der Waals surface area (Å²) in [6, 6.07) is 14.2. The van der Waals surface area contributed by atoms with Gasteiger partial charge in [0.1, 0.15) is 0 Å². The van der Waals surface area contributed by atoms with Crippen molar-refractivity contribution in [3.8, 4) is 0 Å². The number of halogens is 1. The molecule has 0 saturated heterocycles. The predicted octanol–water partition coefficient (Wildman–Crippen LogP) is 4.95. The Balaban J connectivity index is 2.01. The second kappa shape index (κ2) is 5.71. The SMILES string of the molecule is O=[N+]([O-])c1ccc(Sc2cccc3cccnc23)c(Cl)c1. The fraction of sp³-hybridized carbons (Fsp3) is 0. The molecule has 0 aliphatic rings. The Morgan fingerprint density at radius 3 is 2.67 bits per heavy atom. The maximum atomic E-state index is 10.7. The molecule has 1 heterocycles. The molecule has 3 rings (SSSR count). The zero-order valence-corrected chi connectivity index (χ0v) is 12.3.